The maximum Gasteiger partial charge on any atom is 0.191 e. The number of aliphatic imine (C=N–C) groups is 1. The zero-order valence-corrected chi connectivity index (χ0v) is 15.8. The smallest absolute Gasteiger partial charge is 0.191 e. The quantitative estimate of drug-likeness (QED) is 0.391. The Bertz CT molecular complexity index is 501. The summed E-state index contributed by atoms with van der Waals surface area (Å²) in [4.78, 5) is 4.26. The predicted molar refractivity (Wildman–Crippen MR) is 101 cm³/mol. The highest BCUT2D eigenvalue weighted by atomic mass is 16.5. The van der Waals surface area contributed by atoms with E-state index in [1.165, 1.54) is 5.56 Å². The van der Waals surface area contributed by atoms with E-state index in [4.69, 9.17) is 9.47 Å². The number of ether oxygens (including phenoxy) is 2. The Labute approximate surface area is 146 Å². The summed E-state index contributed by atoms with van der Waals surface area (Å²) in [5.41, 5.74) is 2.35. The predicted octanol–water partition coefficient (Wildman–Crippen LogP) is 3.26. The lowest BCUT2D eigenvalue weighted by molar-refractivity contribution is 0.0776. The van der Waals surface area contributed by atoms with E-state index < -0.39 is 0 Å². The minimum absolute atomic E-state index is 0.283. The number of guanidine groups is 1. The third-order valence-corrected chi connectivity index (χ3v) is 3.42. The van der Waals surface area contributed by atoms with Crippen molar-refractivity contribution in [3.05, 3.63) is 29.3 Å². The summed E-state index contributed by atoms with van der Waals surface area (Å²) in [6.45, 7) is 11.3. The number of nitrogens with zero attached hydrogens (tertiary/aromatic N) is 1. The molecule has 0 aliphatic carbocycles. The summed E-state index contributed by atoms with van der Waals surface area (Å²) in [6, 6.07) is 6.30. The van der Waals surface area contributed by atoms with Gasteiger partial charge >= 0.3 is 0 Å². The van der Waals surface area contributed by atoms with Gasteiger partial charge in [-0.15, -0.1) is 0 Å². The molecule has 0 atom stereocenters. The van der Waals surface area contributed by atoms with Crippen LogP contribution in [0.2, 0.25) is 0 Å². The molecule has 0 unspecified atom stereocenters. The number of hydrogen-bond acceptors (Lipinski definition) is 3. The Morgan fingerprint density at radius 2 is 2.00 bits per heavy atom. The van der Waals surface area contributed by atoms with Gasteiger partial charge in [0.15, 0.2) is 5.96 Å². The van der Waals surface area contributed by atoms with Gasteiger partial charge in [-0.3, -0.25) is 4.99 Å². The third-order valence-electron chi connectivity index (χ3n) is 3.42. The SMILES string of the molecule is CCCOc1cc(C)ccc1CNC(=NC)NCCCOC(C)C. The van der Waals surface area contributed by atoms with Gasteiger partial charge in [-0.25, -0.2) is 0 Å². The summed E-state index contributed by atoms with van der Waals surface area (Å²) >= 11 is 0. The van der Waals surface area contributed by atoms with Crippen LogP contribution in [-0.2, 0) is 11.3 Å². The van der Waals surface area contributed by atoms with E-state index in [1.54, 1.807) is 7.05 Å². The van der Waals surface area contributed by atoms with Crippen LogP contribution in [0, 0.1) is 6.92 Å². The summed E-state index contributed by atoms with van der Waals surface area (Å²) in [5, 5.41) is 6.65. The van der Waals surface area contributed by atoms with E-state index in [-0.39, 0.29) is 6.10 Å². The molecule has 0 saturated carbocycles. The van der Waals surface area contributed by atoms with Gasteiger partial charge in [-0.1, -0.05) is 19.1 Å². The number of aryl methyl sites for hydroxylation is 1. The zero-order chi connectivity index (χ0) is 17.8. The number of hydrogen-bond donors (Lipinski definition) is 2. The standard InChI is InChI=1S/C19H33N3O2/c1-6-11-24-18-13-16(4)8-9-17(18)14-22-19(20-5)21-10-7-12-23-15(2)3/h8-9,13,15H,6-7,10-12,14H2,1-5H3,(H2,20,21,22). The van der Waals surface area contributed by atoms with E-state index in [9.17, 15) is 0 Å². The van der Waals surface area contributed by atoms with Crippen molar-refractivity contribution >= 4 is 5.96 Å². The number of nitrogens with one attached hydrogen (secondary N) is 2. The first kappa shape index (κ1) is 20.3. The molecule has 1 rings (SSSR count). The van der Waals surface area contributed by atoms with E-state index in [0.29, 0.717) is 6.54 Å². The Balaban J connectivity index is 2.45. The lowest BCUT2D eigenvalue weighted by Gasteiger charge is -2.15. The molecule has 0 spiro atoms. The second kappa shape index (κ2) is 11.7. The molecule has 5 heteroatoms. The maximum absolute atomic E-state index is 5.85. The van der Waals surface area contributed by atoms with E-state index >= 15 is 0 Å². The Morgan fingerprint density at radius 1 is 1.21 bits per heavy atom. The van der Waals surface area contributed by atoms with Crippen molar-refractivity contribution in [2.24, 2.45) is 4.99 Å². The largest absolute Gasteiger partial charge is 0.493 e. The van der Waals surface area contributed by atoms with Crippen molar-refractivity contribution in [1.29, 1.82) is 0 Å². The maximum atomic E-state index is 5.85. The first-order chi connectivity index (χ1) is 11.6. The second-order valence-corrected chi connectivity index (χ2v) is 6.09. The van der Waals surface area contributed by atoms with Crippen LogP contribution in [0.3, 0.4) is 0 Å². The Kier molecular flexibility index (Phi) is 9.92. The fourth-order valence-electron chi connectivity index (χ4n) is 2.15. The molecule has 1 aromatic carbocycles. The van der Waals surface area contributed by atoms with E-state index in [1.807, 2.05) is 13.8 Å². The van der Waals surface area contributed by atoms with Crippen molar-refractivity contribution in [2.45, 2.75) is 53.2 Å². The van der Waals surface area contributed by atoms with Gasteiger partial charge in [0.1, 0.15) is 5.75 Å². The van der Waals surface area contributed by atoms with Gasteiger partial charge < -0.3 is 20.1 Å². The average molecular weight is 335 g/mol. The molecule has 2 N–H and O–H groups in total. The Hall–Kier alpha value is -1.75. The van der Waals surface area contributed by atoms with Crippen LogP contribution in [0.25, 0.3) is 0 Å². The van der Waals surface area contributed by atoms with Gasteiger partial charge in [0.05, 0.1) is 12.7 Å². The minimum Gasteiger partial charge on any atom is -0.493 e. The molecular weight excluding hydrogens is 302 g/mol. The minimum atomic E-state index is 0.283. The third kappa shape index (κ3) is 8.20. The molecule has 0 fully saturated rings. The van der Waals surface area contributed by atoms with Crippen LogP contribution in [0.4, 0.5) is 0 Å². The first-order valence-corrected chi connectivity index (χ1v) is 8.85. The fourth-order valence-corrected chi connectivity index (χ4v) is 2.15. The van der Waals surface area contributed by atoms with Crippen LogP contribution in [-0.4, -0.2) is 38.9 Å². The van der Waals surface area contributed by atoms with E-state index in [2.05, 4.69) is 47.7 Å². The molecule has 0 bridgehead atoms. The van der Waals surface area contributed by atoms with Crippen LogP contribution in [0.1, 0.15) is 44.7 Å². The van der Waals surface area contributed by atoms with E-state index in [0.717, 1.165) is 49.9 Å². The molecule has 136 valence electrons. The van der Waals surface area contributed by atoms with Crippen molar-refractivity contribution < 1.29 is 9.47 Å². The van der Waals surface area contributed by atoms with Crippen LogP contribution in [0.15, 0.2) is 23.2 Å². The van der Waals surface area contributed by atoms with Gasteiger partial charge in [-0.05, 0) is 45.2 Å². The van der Waals surface area contributed by atoms with Crippen molar-refractivity contribution in [1.82, 2.24) is 10.6 Å². The zero-order valence-electron chi connectivity index (χ0n) is 15.8. The highest BCUT2D eigenvalue weighted by molar-refractivity contribution is 5.79. The molecular formula is C19H33N3O2. The average Bonchev–Trinajstić information content (AvgIpc) is 2.56. The van der Waals surface area contributed by atoms with Crippen LogP contribution >= 0.6 is 0 Å². The van der Waals surface area contributed by atoms with Gasteiger partial charge in [0.25, 0.3) is 0 Å². The molecule has 0 amide bonds. The summed E-state index contributed by atoms with van der Waals surface area (Å²) in [7, 11) is 1.78. The summed E-state index contributed by atoms with van der Waals surface area (Å²) < 4.78 is 11.4. The first-order valence-electron chi connectivity index (χ1n) is 8.85. The molecule has 0 aliphatic rings. The molecule has 24 heavy (non-hydrogen) atoms. The lowest BCUT2D eigenvalue weighted by atomic mass is 10.1. The second-order valence-electron chi connectivity index (χ2n) is 6.09. The lowest BCUT2D eigenvalue weighted by Crippen LogP contribution is -2.37. The van der Waals surface area contributed by atoms with Crippen molar-refractivity contribution in [3.63, 3.8) is 0 Å². The van der Waals surface area contributed by atoms with Crippen molar-refractivity contribution in [3.8, 4) is 5.75 Å². The summed E-state index contributed by atoms with van der Waals surface area (Å²) in [6.07, 6.45) is 2.24. The van der Waals surface area contributed by atoms with Gasteiger partial charge in [0, 0.05) is 32.3 Å². The van der Waals surface area contributed by atoms with Crippen LogP contribution < -0.4 is 15.4 Å². The summed E-state index contributed by atoms with van der Waals surface area (Å²) in [5.74, 6) is 1.74. The highest BCUT2D eigenvalue weighted by Gasteiger charge is 2.05. The number of rotatable bonds is 10. The number of benzene rings is 1. The fraction of sp³-hybridized carbons (Fsp3) is 0.632. The Morgan fingerprint density at radius 3 is 2.67 bits per heavy atom. The molecule has 5 nitrogen and oxygen atoms in total. The van der Waals surface area contributed by atoms with Crippen LogP contribution in [0.5, 0.6) is 5.75 Å². The monoisotopic (exact) mass is 335 g/mol. The molecule has 0 radical (unpaired) electrons. The van der Waals surface area contributed by atoms with Gasteiger partial charge in [0.2, 0.25) is 0 Å². The topological polar surface area (TPSA) is 54.9 Å². The normalized spacial score (nSPS) is 11.7. The highest BCUT2D eigenvalue weighted by Crippen LogP contribution is 2.20. The van der Waals surface area contributed by atoms with Crippen molar-refractivity contribution in [2.75, 3.05) is 26.8 Å². The van der Waals surface area contributed by atoms with Gasteiger partial charge in [-0.2, -0.15) is 0 Å². The molecule has 1 aromatic rings. The molecule has 0 saturated heterocycles. The molecule has 0 heterocycles. The molecule has 0 aliphatic heterocycles. The molecule has 0 aromatic heterocycles.